The lowest BCUT2D eigenvalue weighted by Crippen LogP contribution is -2.44. The molecule has 0 saturated carbocycles. The van der Waals surface area contributed by atoms with Gasteiger partial charge in [-0.25, -0.2) is 0 Å². The number of ether oxygens (including phenoxy) is 2. The van der Waals surface area contributed by atoms with Crippen LogP contribution in [0, 0.1) is 0 Å². The minimum absolute atomic E-state index is 0.163. The van der Waals surface area contributed by atoms with Gasteiger partial charge in [-0.05, 0) is 86.6 Å². The normalized spacial score (nSPS) is 17.2. The molecule has 2 fully saturated rings. The monoisotopic (exact) mass is 602 g/mol. The van der Waals surface area contributed by atoms with Gasteiger partial charge in [-0.3, -0.25) is 14.5 Å². The van der Waals surface area contributed by atoms with Crippen LogP contribution in [-0.4, -0.2) is 72.3 Å². The molecule has 42 heavy (non-hydrogen) atoms. The SMILES string of the molecule is CN1CCN(CCCCOc2cccc(N3C(=O)/C(=C/c4ccc(Oc5ccc(C(N)=O)cc5)cc4)SC3=S)c2)CC1. The topological polar surface area (TPSA) is 88.3 Å². The Balaban J connectivity index is 1.14. The lowest BCUT2D eigenvalue weighted by Gasteiger charge is -2.32. The fourth-order valence-electron chi connectivity index (χ4n) is 4.71. The lowest BCUT2D eigenvalue weighted by molar-refractivity contribution is -0.113. The second-order valence-electron chi connectivity index (χ2n) is 10.3. The van der Waals surface area contributed by atoms with E-state index < -0.39 is 5.91 Å². The quantitative estimate of drug-likeness (QED) is 0.178. The summed E-state index contributed by atoms with van der Waals surface area (Å²) < 4.78 is 12.3. The van der Waals surface area contributed by atoms with Gasteiger partial charge in [-0.15, -0.1) is 0 Å². The first-order valence-electron chi connectivity index (χ1n) is 14.0. The molecular formula is C32H34N4O4S2. The smallest absolute Gasteiger partial charge is 0.270 e. The number of nitrogens with two attached hydrogens (primary N) is 1. The fourth-order valence-corrected chi connectivity index (χ4v) is 6.01. The number of benzene rings is 3. The van der Waals surface area contributed by atoms with Crippen LogP contribution in [0.4, 0.5) is 5.69 Å². The largest absolute Gasteiger partial charge is 0.494 e. The van der Waals surface area contributed by atoms with Gasteiger partial charge in [0.2, 0.25) is 5.91 Å². The number of likely N-dealkylation sites (N-methyl/N-ethyl adjacent to an activating group) is 1. The van der Waals surface area contributed by atoms with Crippen molar-refractivity contribution in [1.29, 1.82) is 0 Å². The minimum Gasteiger partial charge on any atom is -0.494 e. The summed E-state index contributed by atoms with van der Waals surface area (Å²) in [5.41, 5.74) is 7.25. The van der Waals surface area contributed by atoms with Gasteiger partial charge < -0.3 is 25.0 Å². The van der Waals surface area contributed by atoms with Crippen molar-refractivity contribution in [3.63, 3.8) is 0 Å². The highest BCUT2D eigenvalue weighted by Crippen LogP contribution is 2.37. The Hall–Kier alpha value is -3.70. The summed E-state index contributed by atoms with van der Waals surface area (Å²) in [6, 6.07) is 21.5. The van der Waals surface area contributed by atoms with E-state index in [1.807, 2.05) is 54.6 Å². The second kappa shape index (κ2) is 14.0. The van der Waals surface area contributed by atoms with Crippen molar-refractivity contribution in [3.8, 4) is 17.2 Å². The van der Waals surface area contributed by atoms with Crippen molar-refractivity contribution in [1.82, 2.24) is 9.80 Å². The van der Waals surface area contributed by atoms with Gasteiger partial charge in [0.15, 0.2) is 4.32 Å². The number of rotatable bonds is 11. The molecule has 2 N–H and O–H groups in total. The molecule has 2 aliphatic heterocycles. The number of anilines is 1. The van der Waals surface area contributed by atoms with E-state index in [2.05, 4.69) is 16.8 Å². The van der Waals surface area contributed by atoms with Gasteiger partial charge in [-0.1, -0.05) is 42.2 Å². The molecular weight excluding hydrogens is 569 g/mol. The van der Waals surface area contributed by atoms with Crippen LogP contribution in [0.5, 0.6) is 17.2 Å². The molecule has 0 atom stereocenters. The molecule has 10 heteroatoms. The van der Waals surface area contributed by atoms with E-state index in [1.54, 1.807) is 29.2 Å². The third kappa shape index (κ3) is 7.77. The molecule has 0 bridgehead atoms. The van der Waals surface area contributed by atoms with Crippen LogP contribution in [0.2, 0.25) is 0 Å². The van der Waals surface area contributed by atoms with Gasteiger partial charge in [0.25, 0.3) is 5.91 Å². The van der Waals surface area contributed by atoms with E-state index in [0.717, 1.165) is 56.9 Å². The van der Waals surface area contributed by atoms with Crippen LogP contribution in [0.25, 0.3) is 6.08 Å². The predicted octanol–water partition coefficient (Wildman–Crippen LogP) is 5.39. The number of carbonyl (C=O) groups excluding carboxylic acids is 2. The van der Waals surface area contributed by atoms with E-state index in [0.29, 0.717) is 38.6 Å². The van der Waals surface area contributed by atoms with Crippen molar-refractivity contribution >= 4 is 51.9 Å². The number of nitrogens with zero attached hydrogens (tertiary/aromatic N) is 3. The van der Waals surface area contributed by atoms with Gasteiger partial charge in [-0.2, -0.15) is 0 Å². The van der Waals surface area contributed by atoms with E-state index >= 15 is 0 Å². The number of unbranched alkanes of at least 4 members (excludes halogenated alkanes) is 1. The minimum atomic E-state index is -0.486. The predicted molar refractivity (Wildman–Crippen MR) is 172 cm³/mol. The van der Waals surface area contributed by atoms with E-state index in [-0.39, 0.29) is 5.91 Å². The number of primary amides is 1. The average Bonchev–Trinajstić information content (AvgIpc) is 3.27. The molecule has 2 heterocycles. The molecule has 8 nitrogen and oxygen atoms in total. The number of hydrogen-bond donors (Lipinski definition) is 1. The first kappa shape index (κ1) is 29.8. The molecule has 0 aliphatic carbocycles. The van der Waals surface area contributed by atoms with Crippen molar-refractivity contribution in [2.75, 3.05) is 51.3 Å². The van der Waals surface area contributed by atoms with Crippen molar-refractivity contribution in [2.45, 2.75) is 12.8 Å². The van der Waals surface area contributed by atoms with Crippen LogP contribution in [-0.2, 0) is 4.79 Å². The molecule has 2 aliphatic rings. The third-order valence-electron chi connectivity index (χ3n) is 7.16. The van der Waals surface area contributed by atoms with Crippen LogP contribution < -0.4 is 20.1 Å². The Morgan fingerprint density at radius 3 is 2.33 bits per heavy atom. The number of piperazine rings is 1. The summed E-state index contributed by atoms with van der Waals surface area (Å²) in [5, 5.41) is 0. The summed E-state index contributed by atoms with van der Waals surface area (Å²) in [7, 11) is 2.17. The molecule has 218 valence electrons. The number of thioether (sulfide) groups is 1. The zero-order chi connectivity index (χ0) is 29.5. The molecule has 0 spiro atoms. The Labute approximate surface area is 256 Å². The van der Waals surface area contributed by atoms with Crippen LogP contribution in [0.15, 0.2) is 77.7 Å². The highest BCUT2D eigenvalue weighted by atomic mass is 32.2. The molecule has 0 aromatic heterocycles. The van der Waals surface area contributed by atoms with Crippen molar-refractivity contribution in [3.05, 3.63) is 88.8 Å². The summed E-state index contributed by atoms with van der Waals surface area (Å²) in [6.07, 6.45) is 3.90. The maximum atomic E-state index is 13.3. The molecule has 2 amide bonds. The number of hydrogen-bond acceptors (Lipinski definition) is 8. The zero-order valence-corrected chi connectivity index (χ0v) is 25.2. The summed E-state index contributed by atoms with van der Waals surface area (Å²) >= 11 is 6.85. The Bertz CT molecular complexity index is 1450. The highest BCUT2D eigenvalue weighted by Gasteiger charge is 2.33. The second-order valence-corrected chi connectivity index (χ2v) is 12.0. The van der Waals surface area contributed by atoms with Crippen molar-refractivity contribution < 1.29 is 19.1 Å². The van der Waals surface area contributed by atoms with Gasteiger partial charge in [0.05, 0.1) is 17.2 Å². The number of amides is 2. The van der Waals surface area contributed by atoms with E-state index in [1.165, 1.54) is 11.8 Å². The Kier molecular flexibility index (Phi) is 9.91. The van der Waals surface area contributed by atoms with Crippen LogP contribution >= 0.6 is 24.0 Å². The number of carbonyl (C=O) groups is 2. The van der Waals surface area contributed by atoms with Gasteiger partial charge in [0.1, 0.15) is 17.2 Å². The van der Waals surface area contributed by atoms with E-state index in [4.69, 9.17) is 27.4 Å². The summed E-state index contributed by atoms with van der Waals surface area (Å²) in [5.74, 6) is 1.29. The maximum Gasteiger partial charge on any atom is 0.270 e. The van der Waals surface area contributed by atoms with Gasteiger partial charge >= 0.3 is 0 Å². The first-order chi connectivity index (χ1) is 20.4. The molecule has 0 unspecified atom stereocenters. The summed E-state index contributed by atoms with van der Waals surface area (Å²) in [4.78, 5) is 31.6. The van der Waals surface area contributed by atoms with Crippen LogP contribution in [0.1, 0.15) is 28.8 Å². The molecule has 5 rings (SSSR count). The number of thiocarbonyl (C=S) groups is 1. The third-order valence-corrected chi connectivity index (χ3v) is 8.46. The highest BCUT2D eigenvalue weighted by molar-refractivity contribution is 8.27. The molecule has 3 aromatic carbocycles. The molecule has 2 saturated heterocycles. The first-order valence-corrected chi connectivity index (χ1v) is 15.2. The van der Waals surface area contributed by atoms with Crippen molar-refractivity contribution in [2.24, 2.45) is 5.73 Å². The summed E-state index contributed by atoms with van der Waals surface area (Å²) in [6.45, 7) is 6.26. The lowest BCUT2D eigenvalue weighted by atomic mass is 10.2. The van der Waals surface area contributed by atoms with Gasteiger partial charge in [0, 0.05) is 37.8 Å². The average molecular weight is 603 g/mol. The Morgan fingerprint density at radius 1 is 0.952 bits per heavy atom. The standard InChI is InChI=1S/C32H34N4O4S2/c1-34-16-18-35(19-17-34)15-2-3-20-39-28-6-4-5-25(22-28)36-31(38)29(42-32(36)41)21-23-7-11-26(12-8-23)40-27-13-9-24(10-14-27)30(33)37/h4-14,21-22H,2-3,15-20H2,1H3,(H2,33,37)/b29-21-. The van der Waals surface area contributed by atoms with Crippen LogP contribution in [0.3, 0.4) is 0 Å². The fraction of sp³-hybridized carbons (Fsp3) is 0.281. The zero-order valence-electron chi connectivity index (χ0n) is 23.5. The van der Waals surface area contributed by atoms with E-state index in [9.17, 15) is 9.59 Å². The Morgan fingerprint density at radius 2 is 1.64 bits per heavy atom. The molecule has 3 aromatic rings. The maximum absolute atomic E-state index is 13.3. The molecule has 0 radical (unpaired) electrons.